The van der Waals surface area contributed by atoms with Gasteiger partial charge in [-0.2, -0.15) is 0 Å². The van der Waals surface area contributed by atoms with Crippen molar-refractivity contribution in [3.05, 3.63) is 0 Å². The van der Waals surface area contributed by atoms with Gasteiger partial charge in [0.05, 0.1) is 6.10 Å². The summed E-state index contributed by atoms with van der Waals surface area (Å²) in [4.78, 5) is 13.6. The van der Waals surface area contributed by atoms with Gasteiger partial charge < -0.3 is 15.4 Å². The Hall–Kier alpha value is -0.770. The van der Waals surface area contributed by atoms with Crippen molar-refractivity contribution in [1.82, 2.24) is 4.90 Å². The number of hydrogen-bond acceptors (Lipinski definition) is 3. The Morgan fingerprint density at radius 3 is 2.67 bits per heavy atom. The van der Waals surface area contributed by atoms with E-state index in [2.05, 4.69) is 0 Å². The summed E-state index contributed by atoms with van der Waals surface area (Å²) in [6, 6.07) is 0.600. The molecule has 0 aromatic rings. The number of ether oxygens (including phenoxy) is 1. The average molecular weight is 212 g/mol. The van der Waals surface area contributed by atoms with Crippen molar-refractivity contribution < 1.29 is 9.53 Å². The summed E-state index contributed by atoms with van der Waals surface area (Å²) >= 11 is 0. The number of nitrogens with zero attached hydrogens (tertiary/aromatic N) is 1. The van der Waals surface area contributed by atoms with Crippen molar-refractivity contribution in [1.29, 1.82) is 0 Å². The fourth-order valence-electron chi connectivity index (χ4n) is 2.65. The van der Waals surface area contributed by atoms with Crippen LogP contribution >= 0.6 is 0 Å². The van der Waals surface area contributed by atoms with Crippen LogP contribution in [0.25, 0.3) is 0 Å². The number of nitrogens with two attached hydrogens (primary N) is 1. The Kier molecular flexibility index (Phi) is 2.87. The highest BCUT2D eigenvalue weighted by Crippen LogP contribution is 2.34. The summed E-state index contributed by atoms with van der Waals surface area (Å²) in [6.45, 7) is 4.55. The van der Waals surface area contributed by atoms with Gasteiger partial charge in [-0.3, -0.25) is 0 Å². The lowest BCUT2D eigenvalue weighted by Gasteiger charge is -2.47. The molecule has 2 N–H and O–H groups in total. The van der Waals surface area contributed by atoms with Crippen molar-refractivity contribution in [3.8, 4) is 0 Å². The molecule has 15 heavy (non-hydrogen) atoms. The van der Waals surface area contributed by atoms with Crippen LogP contribution in [0, 0.1) is 5.92 Å². The maximum absolute atomic E-state index is 11.8. The molecule has 2 saturated heterocycles. The summed E-state index contributed by atoms with van der Waals surface area (Å²) in [7, 11) is 0. The van der Waals surface area contributed by atoms with Crippen LogP contribution in [-0.2, 0) is 4.74 Å². The molecule has 2 aliphatic heterocycles. The van der Waals surface area contributed by atoms with Gasteiger partial charge in [0.25, 0.3) is 0 Å². The van der Waals surface area contributed by atoms with Crippen molar-refractivity contribution in [2.45, 2.75) is 51.3 Å². The Balaban J connectivity index is 1.97. The SMILES string of the molecule is CC(C)OC(=O)N1C[C@H]2CC[C@@H]1C[C@@H]2N. The molecule has 3 fully saturated rings. The fraction of sp³-hybridized carbons (Fsp3) is 0.909. The van der Waals surface area contributed by atoms with Crippen LogP contribution < -0.4 is 5.73 Å². The van der Waals surface area contributed by atoms with E-state index in [0.717, 1.165) is 25.8 Å². The van der Waals surface area contributed by atoms with Gasteiger partial charge in [-0.1, -0.05) is 0 Å². The molecule has 1 saturated carbocycles. The minimum absolute atomic E-state index is 0.0355. The van der Waals surface area contributed by atoms with Gasteiger partial charge in [-0.05, 0) is 39.0 Å². The Morgan fingerprint density at radius 1 is 1.47 bits per heavy atom. The topological polar surface area (TPSA) is 55.6 Å². The van der Waals surface area contributed by atoms with Crippen molar-refractivity contribution in [2.75, 3.05) is 6.54 Å². The molecule has 2 bridgehead atoms. The van der Waals surface area contributed by atoms with E-state index in [9.17, 15) is 4.79 Å². The molecule has 1 amide bonds. The average Bonchev–Trinajstić information content (AvgIpc) is 2.17. The highest BCUT2D eigenvalue weighted by atomic mass is 16.6. The van der Waals surface area contributed by atoms with Crippen LogP contribution in [0.1, 0.15) is 33.1 Å². The van der Waals surface area contributed by atoms with Crippen molar-refractivity contribution in [3.63, 3.8) is 0 Å². The summed E-state index contributed by atoms with van der Waals surface area (Å²) < 4.78 is 5.22. The molecule has 3 rings (SSSR count). The van der Waals surface area contributed by atoms with E-state index in [4.69, 9.17) is 10.5 Å². The van der Waals surface area contributed by atoms with Gasteiger partial charge in [0, 0.05) is 18.6 Å². The van der Waals surface area contributed by atoms with E-state index in [-0.39, 0.29) is 18.2 Å². The summed E-state index contributed by atoms with van der Waals surface area (Å²) in [5.74, 6) is 0.481. The van der Waals surface area contributed by atoms with Crippen LogP contribution in [-0.4, -0.2) is 35.7 Å². The standard InChI is InChI=1S/C11H20N2O2/c1-7(2)15-11(14)13-6-8-3-4-9(13)5-10(8)12/h7-10H,3-6,12H2,1-2H3/t8-,9-,10+/m1/s1. The first kappa shape index (κ1) is 10.7. The minimum Gasteiger partial charge on any atom is -0.447 e. The molecular formula is C11H20N2O2. The molecule has 2 heterocycles. The maximum Gasteiger partial charge on any atom is 0.410 e. The predicted molar refractivity (Wildman–Crippen MR) is 57.4 cm³/mol. The van der Waals surface area contributed by atoms with Crippen LogP contribution in [0.5, 0.6) is 0 Å². The molecule has 1 aliphatic carbocycles. The molecule has 3 aliphatic rings. The lowest BCUT2D eigenvalue weighted by atomic mass is 9.77. The van der Waals surface area contributed by atoms with Gasteiger partial charge in [0.2, 0.25) is 0 Å². The second kappa shape index (κ2) is 4.00. The zero-order valence-electron chi connectivity index (χ0n) is 9.48. The third-order valence-corrected chi connectivity index (χ3v) is 3.46. The van der Waals surface area contributed by atoms with E-state index in [1.54, 1.807) is 0 Å². The van der Waals surface area contributed by atoms with Gasteiger partial charge in [-0.25, -0.2) is 4.79 Å². The lowest BCUT2D eigenvalue weighted by molar-refractivity contribution is 0.00967. The zero-order chi connectivity index (χ0) is 11.0. The van der Waals surface area contributed by atoms with Crippen LogP contribution in [0.4, 0.5) is 4.79 Å². The number of rotatable bonds is 1. The predicted octanol–water partition coefficient (Wildman–Crippen LogP) is 1.34. The molecule has 86 valence electrons. The van der Waals surface area contributed by atoms with E-state index in [1.807, 2.05) is 18.7 Å². The number of carbonyl (C=O) groups excluding carboxylic acids is 1. The third-order valence-electron chi connectivity index (χ3n) is 3.46. The van der Waals surface area contributed by atoms with Crippen molar-refractivity contribution in [2.24, 2.45) is 11.7 Å². The van der Waals surface area contributed by atoms with Gasteiger partial charge in [0.15, 0.2) is 0 Å². The second-order valence-corrected chi connectivity index (χ2v) is 4.98. The third kappa shape index (κ3) is 2.09. The van der Waals surface area contributed by atoms with E-state index < -0.39 is 0 Å². The molecule has 0 spiro atoms. The number of fused-ring (bicyclic) bond motifs is 3. The number of hydrogen-bond donors (Lipinski definition) is 1. The largest absolute Gasteiger partial charge is 0.447 e. The molecule has 4 heteroatoms. The summed E-state index contributed by atoms with van der Waals surface area (Å²) in [6.07, 6.45) is 3.00. The second-order valence-electron chi connectivity index (χ2n) is 4.98. The fourth-order valence-corrected chi connectivity index (χ4v) is 2.65. The zero-order valence-corrected chi connectivity index (χ0v) is 9.48. The quantitative estimate of drug-likeness (QED) is 0.713. The van der Waals surface area contributed by atoms with Crippen LogP contribution in [0.15, 0.2) is 0 Å². The minimum atomic E-state index is -0.161. The Bertz CT molecular complexity index is 255. The van der Waals surface area contributed by atoms with Crippen LogP contribution in [0.2, 0.25) is 0 Å². The molecule has 0 aromatic carbocycles. The highest BCUT2D eigenvalue weighted by Gasteiger charge is 2.41. The summed E-state index contributed by atoms with van der Waals surface area (Å²) in [5.41, 5.74) is 6.00. The monoisotopic (exact) mass is 212 g/mol. The summed E-state index contributed by atoms with van der Waals surface area (Å²) in [5, 5.41) is 0. The molecule has 0 radical (unpaired) electrons. The molecule has 0 aromatic heterocycles. The first-order valence-corrected chi connectivity index (χ1v) is 5.80. The van der Waals surface area contributed by atoms with Crippen molar-refractivity contribution >= 4 is 6.09 Å². The Labute approximate surface area is 90.8 Å². The number of amides is 1. The van der Waals surface area contributed by atoms with E-state index >= 15 is 0 Å². The number of piperidine rings is 2. The van der Waals surface area contributed by atoms with Gasteiger partial charge in [0.1, 0.15) is 0 Å². The maximum atomic E-state index is 11.8. The van der Waals surface area contributed by atoms with E-state index in [1.165, 1.54) is 0 Å². The smallest absolute Gasteiger partial charge is 0.410 e. The number of carbonyl (C=O) groups is 1. The highest BCUT2D eigenvalue weighted by molar-refractivity contribution is 5.68. The lowest BCUT2D eigenvalue weighted by Crippen LogP contribution is -2.58. The molecule has 3 atom stereocenters. The normalized spacial score (nSPS) is 34.7. The van der Waals surface area contributed by atoms with Crippen LogP contribution in [0.3, 0.4) is 0 Å². The first-order valence-electron chi connectivity index (χ1n) is 5.80. The molecule has 4 nitrogen and oxygen atoms in total. The van der Waals surface area contributed by atoms with Gasteiger partial charge in [-0.15, -0.1) is 0 Å². The van der Waals surface area contributed by atoms with E-state index in [0.29, 0.717) is 12.0 Å². The first-order chi connectivity index (χ1) is 7.08. The Morgan fingerprint density at radius 2 is 2.20 bits per heavy atom. The van der Waals surface area contributed by atoms with Gasteiger partial charge >= 0.3 is 6.09 Å². The molecular weight excluding hydrogens is 192 g/mol. The molecule has 0 unspecified atom stereocenters.